The van der Waals surface area contributed by atoms with E-state index in [1.807, 2.05) is 30.0 Å². The van der Waals surface area contributed by atoms with Crippen LogP contribution < -0.4 is 0 Å². The molecule has 1 fully saturated rings. The summed E-state index contributed by atoms with van der Waals surface area (Å²) in [6.07, 6.45) is 0. The fourth-order valence-electron chi connectivity index (χ4n) is 2.21. The minimum atomic E-state index is 0.130. The maximum absolute atomic E-state index is 12.5. The summed E-state index contributed by atoms with van der Waals surface area (Å²) in [6.45, 7) is 6.71. The van der Waals surface area contributed by atoms with E-state index in [-0.39, 0.29) is 5.91 Å². The molecule has 0 aromatic heterocycles. The summed E-state index contributed by atoms with van der Waals surface area (Å²) < 4.78 is 0.879. The van der Waals surface area contributed by atoms with Crippen LogP contribution in [0.15, 0.2) is 22.7 Å². The molecule has 98 valence electrons. The lowest BCUT2D eigenvalue weighted by Crippen LogP contribution is -2.52. The lowest BCUT2D eigenvalue weighted by atomic mass is 10.1. The summed E-state index contributed by atoms with van der Waals surface area (Å²) in [6, 6.07) is 6.33. The van der Waals surface area contributed by atoms with E-state index in [0.29, 0.717) is 6.04 Å². The maximum atomic E-state index is 12.5. The molecule has 1 amide bonds. The van der Waals surface area contributed by atoms with Gasteiger partial charge < -0.3 is 9.80 Å². The zero-order valence-electron chi connectivity index (χ0n) is 11.1. The summed E-state index contributed by atoms with van der Waals surface area (Å²) in [5.74, 6) is 0.130. The molecule has 0 N–H and O–H groups in total. The van der Waals surface area contributed by atoms with Gasteiger partial charge in [0.1, 0.15) is 0 Å². The molecular formula is C14H19BrN2O. The lowest BCUT2D eigenvalue weighted by molar-refractivity contribution is 0.0571. The molecule has 4 heteroatoms. The zero-order chi connectivity index (χ0) is 13.3. The first-order valence-electron chi connectivity index (χ1n) is 6.24. The van der Waals surface area contributed by atoms with E-state index in [0.717, 1.165) is 35.2 Å². The highest BCUT2D eigenvalue weighted by atomic mass is 79.9. The Labute approximate surface area is 117 Å². The summed E-state index contributed by atoms with van der Waals surface area (Å²) in [7, 11) is 2.11. The molecule has 1 aromatic rings. The second kappa shape index (κ2) is 5.41. The van der Waals surface area contributed by atoms with Crippen molar-refractivity contribution >= 4 is 21.8 Å². The lowest BCUT2D eigenvalue weighted by Gasteiger charge is -2.37. The Morgan fingerprint density at radius 2 is 2.11 bits per heavy atom. The fraction of sp³-hybridized carbons (Fsp3) is 0.500. The summed E-state index contributed by atoms with van der Waals surface area (Å²) in [5, 5.41) is 0. The monoisotopic (exact) mass is 310 g/mol. The zero-order valence-corrected chi connectivity index (χ0v) is 12.7. The molecule has 0 spiro atoms. The molecule has 1 unspecified atom stereocenters. The van der Waals surface area contributed by atoms with Crippen molar-refractivity contribution < 1.29 is 4.79 Å². The molecule has 3 nitrogen and oxygen atoms in total. The molecule has 1 saturated heterocycles. The topological polar surface area (TPSA) is 23.6 Å². The number of nitrogens with zero attached hydrogens (tertiary/aromatic N) is 2. The largest absolute Gasteiger partial charge is 0.336 e. The predicted octanol–water partition coefficient (Wildman–Crippen LogP) is 2.53. The molecule has 1 aliphatic heterocycles. The quantitative estimate of drug-likeness (QED) is 0.796. The van der Waals surface area contributed by atoms with Crippen LogP contribution in [-0.2, 0) is 0 Å². The number of carbonyl (C=O) groups excluding carboxylic acids is 1. The van der Waals surface area contributed by atoms with Gasteiger partial charge in [-0.15, -0.1) is 0 Å². The van der Waals surface area contributed by atoms with Crippen molar-refractivity contribution in [1.29, 1.82) is 0 Å². The van der Waals surface area contributed by atoms with Crippen LogP contribution in [0.2, 0.25) is 0 Å². The normalized spacial score (nSPS) is 21.1. The third-order valence-electron chi connectivity index (χ3n) is 3.60. The highest BCUT2D eigenvalue weighted by Crippen LogP contribution is 2.21. The Kier molecular flexibility index (Phi) is 4.07. The van der Waals surface area contributed by atoms with Crippen molar-refractivity contribution in [2.75, 3.05) is 26.7 Å². The Hall–Kier alpha value is -0.870. The summed E-state index contributed by atoms with van der Waals surface area (Å²) in [5.41, 5.74) is 1.88. The molecule has 0 aliphatic carbocycles. The molecule has 1 aromatic carbocycles. The van der Waals surface area contributed by atoms with E-state index in [4.69, 9.17) is 0 Å². The number of aryl methyl sites for hydroxylation is 1. The van der Waals surface area contributed by atoms with Gasteiger partial charge in [0.2, 0.25) is 0 Å². The van der Waals surface area contributed by atoms with Crippen LogP contribution in [0, 0.1) is 6.92 Å². The molecule has 2 rings (SSSR count). The molecule has 18 heavy (non-hydrogen) atoms. The van der Waals surface area contributed by atoms with Crippen LogP contribution in [0.1, 0.15) is 22.8 Å². The van der Waals surface area contributed by atoms with Crippen molar-refractivity contribution in [2.45, 2.75) is 19.9 Å². The number of rotatable bonds is 1. The predicted molar refractivity (Wildman–Crippen MR) is 76.9 cm³/mol. The van der Waals surface area contributed by atoms with Gasteiger partial charge in [-0.25, -0.2) is 0 Å². The first-order valence-corrected chi connectivity index (χ1v) is 7.04. The minimum absolute atomic E-state index is 0.130. The van der Waals surface area contributed by atoms with Crippen LogP contribution in [-0.4, -0.2) is 48.4 Å². The van der Waals surface area contributed by atoms with Gasteiger partial charge in [-0.1, -0.05) is 11.6 Å². The van der Waals surface area contributed by atoms with Crippen molar-refractivity contribution in [3.63, 3.8) is 0 Å². The Bertz CT molecular complexity index is 461. The van der Waals surface area contributed by atoms with Gasteiger partial charge >= 0.3 is 0 Å². The number of benzene rings is 1. The molecule has 0 radical (unpaired) electrons. The third kappa shape index (κ3) is 2.75. The van der Waals surface area contributed by atoms with Gasteiger partial charge in [-0.05, 0) is 49.0 Å². The van der Waals surface area contributed by atoms with Gasteiger partial charge in [0.15, 0.2) is 0 Å². The smallest absolute Gasteiger partial charge is 0.255 e. The summed E-state index contributed by atoms with van der Waals surface area (Å²) in [4.78, 5) is 16.7. The van der Waals surface area contributed by atoms with Gasteiger partial charge in [0, 0.05) is 30.1 Å². The standard InChI is InChI=1S/C14H19BrN2O/c1-10-4-5-13(15)12(8-10)14(18)17-7-6-16(3)11(2)9-17/h4-5,8,11H,6-7,9H2,1-3H3. The van der Waals surface area contributed by atoms with E-state index in [2.05, 4.69) is 34.8 Å². The minimum Gasteiger partial charge on any atom is -0.336 e. The number of amides is 1. The van der Waals surface area contributed by atoms with Gasteiger partial charge in [-0.3, -0.25) is 4.79 Å². The van der Waals surface area contributed by atoms with Crippen LogP contribution in [0.25, 0.3) is 0 Å². The van der Waals surface area contributed by atoms with E-state index in [9.17, 15) is 4.79 Å². The van der Waals surface area contributed by atoms with Gasteiger partial charge in [0.05, 0.1) is 5.56 Å². The number of halogens is 1. The fourth-order valence-corrected chi connectivity index (χ4v) is 2.62. The highest BCUT2D eigenvalue weighted by Gasteiger charge is 2.26. The number of carbonyl (C=O) groups is 1. The van der Waals surface area contributed by atoms with Gasteiger partial charge in [0.25, 0.3) is 5.91 Å². The van der Waals surface area contributed by atoms with E-state index in [1.165, 1.54) is 0 Å². The van der Waals surface area contributed by atoms with E-state index >= 15 is 0 Å². The molecule has 1 atom stereocenters. The average molecular weight is 311 g/mol. The number of hydrogen-bond acceptors (Lipinski definition) is 2. The third-order valence-corrected chi connectivity index (χ3v) is 4.29. The first-order chi connectivity index (χ1) is 8.49. The second-order valence-electron chi connectivity index (χ2n) is 5.06. The van der Waals surface area contributed by atoms with Crippen LogP contribution in [0.3, 0.4) is 0 Å². The van der Waals surface area contributed by atoms with Gasteiger partial charge in [-0.2, -0.15) is 0 Å². The van der Waals surface area contributed by atoms with Crippen molar-refractivity contribution in [1.82, 2.24) is 9.80 Å². The van der Waals surface area contributed by atoms with E-state index in [1.54, 1.807) is 0 Å². The average Bonchev–Trinajstić information content (AvgIpc) is 2.35. The van der Waals surface area contributed by atoms with Crippen molar-refractivity contribution in [3.05, 3.63) is 33.8 Å². The second-order valence-corrected chi connectivity index (χ2v) is 5.92. The molecule has 1 heterocycles. The first kappa shape index (κ1) is 13.6. The SMILES string of the molecule is Cc1ccc(Br)c(C(=O)N2CCN(C)C(C)C2)c1. The Morgan fingerprint density at radius 3 is 2.78 bits per heavy atom. The number of hydrogen-bond donors (Lipinski definition) is 0. The molecular weight excluding hydrogens is 292 g/mol. The summed E-state index contributed by atoms with van der Waals surface area (Å²) >= 11 is 3.47. The van der Waals surface area contributed by atoms with Crippen molar-refractivity contribution in [3.8, 4) is 0 Å². The molecule has 0 bridgehead atoms. The number of likely N-dealkylation sites (N-methyl/N-ethyl adjacent to an activating group) is 1. The molecule has 1 aliphatic rings. The maximum Gasteiger partial charge on any atom is 0.255 e. The Morgan fingerprint density at radius 1 is 1.39 bits per heavy atom. The van der Waals surface area contributed by atoms with Crippen LogP contribution >= 0.6 is 15.9 Å². The Balaban J connectivity index is 2.19. The van der Waals surface area contributed by atoms with E-state index < -0.39 is 0 Å². The molecule has 0 saturated carbocycles. The van der Waals surface area contributed by atoms with Crippen LogP contribution in [0.4, 0.5) is 0 Å². The van der Waals surface area contributed by atoms with Crippen molar-refractivity contribution in [2.24, 2.45) is 0 Å². The highest BCUT2D eigenvalue weighted by molar-refractivity contribution is 9.10. The van der Waals surface area contributed by atoms with Crippen LogP contribution in [0.5, 0.6) is 0 Å². The number of piperazine rings is 1.